The quantitative estimate of drug-likeness (QED) is 0.517. The average molecular weight is 363 g/mol. The number of ether oxygens (including phenoxy) is 1. The molecule has 27 heavy (non-hydrogen) atoms. The van der Waals surface area contributed by atoms with Crippen molar-refractivity contribution in [3.63, 3.8) is 0 Å². The Kier molecular flexibility index (Phi) is 4.67. The Morgan fingerprint density at radius 1 is 1.15 bits per heavy atom. The second kappa shape index (κ2) is 7.27. The molecular weight excluding hydrogens is 342 g/mol. The second-order valence-electron chi connectivity index (χ2n) is 6.79. The summed E-state index contributed by atoms with van der Waals surface area (Å²) in [7, 11) is 0. The molecule has 4 rings (SSSR count). The normalized spacial score (nSPS) is 17.8. The zero-order valence-corrected chi connectivity index (χ0v) is 15.1. The lowest BCUT2D eigenvalue weighted by Gasteiger charge is -2.27. The first-order valence-electron chi connectivity index (χ1n) is 9.18. The average Bonchev–Trinajstić information content (AvgIpc) is 3.17. The topological polar surface area (TPSA) is 59.8 Å². The molecule has 0 N–H and O–H groups in total. The van der Waals surface area contributed by atoms with Gasteiger partial charge in [-0.2, -0.15) is 0 Å². The molecule has 0 amide bonds. The molecule has 1 unspecified atom stereocenters. The van der Waals surface area contributed by atoms with Crippen molar-refractivity contribution in [1.82, 2.24) is 0 Å². The van der Waals surface area contributed by atoms with E-state index in [1.54, 1.807) is 6.07 Å². The summed E-state index contributed by atoms with van der Waals surface area (Å²) in [5.74, 6) is -0.263. The second-order valence-corrected chi connectivity index (χ2v) is 6.79. The molecule has 1 aliphatic rings. The molecule has 1 saturated heterocycles. The van der Waals surface area contributed by atoms with E-state index in [0.717, 1.165) is 23.1 Å². The van der Waals surface area contributed by atoms with E-state index >= 15 is 0 Å². The molecule has 138 valence electrons. The van der Waals surface area contributed by atoms with Gasteiger partial charge in [-0.15, -0.1) is 0 Å². The van der Waals surface area contributed by atoms with Gasteiger partial charge in [0, 0.05) is 18.0 Å². The Balaban J connectivity index is 1.61. The predicted molar refractivity (Wildman–Crippen MR) is 104 cm³/mol. The molecule has 3 aromatic rings. The van der Waals surface area contributed by atoms with Crippen LogP contribution in [-0.4, -0.2) is 18.6 Å². The molecule has 2 aromatic carbocycles. The molecule has 1 aromatic heterocycles. The van der Waals surface area contributed by atoms with E-state index in [1.165, 1.54) is 6.07 Å². The number of rotatable bonds is 4. The number of hydrogen-bond donors (Lipinski definition) is 0. The SMILES string of the molecule is CC(OC(=O)[C@@H]1CCCN1c1cc(=O)oc2ccccc12)c1ccccc1. The van der Waals surface area contributed by atoms with Gasteiger partial charge in [0.2, 0.25) is 0 Å². The molecule has 0 aliphatic carbocycles. The maximum absolute atomic E-state index is 12.9. The summed E-state index contributed by atoms with van der Waals surface area (Å²) in [4.78, 5) is 26.8. The van der Waals surface area contributed by atoms with Crippen LogP contribution in [0.4, 0.5) is 5.69 Å². The molecular formula is C22H21NO4. The van der Waals surface area contributed by atoms with Crippen LogP contribution in [-0.2, 0) is 9.53 Å². The fourth-order valence-electron chi connectivity index (χ4n) is 3.68. The van der Waals surface area contributed by atoms with Crippen molar-refractivity contribution < 1.29 is 13.9 Å². The highest BCUT2D eigenvalue weighted by Crippen LogP contribution is 2.32. The highest BCUT2D eigenvalue weighted by Gasteiger charge is 2.34. The Morgan fingerprint density at radius 3 is 2.70 bits per heavy atom. The van der Waals surface area contributed by atoms with Crippen LogP contribution in [0.5, 0.6) is 0 Å². The van der Waals surface area contributed by atoms with Gasteiger partial charge in [0.15, 0.2) is 0 Å². The molecule has 0 saturated carbocycles. The van der Waals surface area contributed by atoms with Crippen molar-refractivity contribution in [3.05, 3.63) is 76.6 Å². The lowest BCUT2D eigenvalue weighted by Crippen LogP contribution is -2.38. The lowest BCUT2D eigenvalue weighted by molar-refractivity contribution is -0.150. The zero-order valence-electron chi connectivity index (χ0n) is 15.1. The first kappa shape index (κ1) is 17.3. The molecule has 5 nitrogen and oxygen atoms in total. The van der Waals surface area contributed by atoms with Crippen molar-refractivity contribution >= 4 is 22.6 Å². The van der Waals surface area contributed by atoms with E-state index in [1.807, 2.05) is 60.4 Å². The maximum atomic E-state index is 12.9. The third-order valence-corrected chi connectivity index (χ3v) is 5.02. The first-order chi connectivity index (χ1) is 13.1. The minimum Gasteiger partial charge on any atom is -0.456 e. The van der Waals surface area contributed by atoms with Crippen LogP contribution < -0.4 is 10.5 Å². The molecule has 2 heterocycles. The van der Waals surface area contributed by atoms with Crippen molar-refractivity contribution in [2.75, 3.05) is 11.4 Å². The molecule has 0 radical (unpaired) electrons. The standard InChI is InChI=1S/C22H21NO4/c1-15(16-8-3-2-4-9-16)26-22(25)18-11-7-13-23(18)19-14-21(24)27-20-12-6-5-10-17(19)20/h2-6,8-10,12,14-15,18H,7,11,13H2,1H3/t15?,18-/m0/s1. The van der Waals surface area contributed by atoms with Gasteiger partial charge in [0.05, 0.1) is 5.69 Å². The van der Waals surface area contributed by atoms with Crippen LogP contribution in [0.1, 0.15) is 31.4 Å². The molecule has 5 heteroatoms. The Morgan fingerprint density at radius 2 is 1.89 bits per heavy atom. The third-order valence-electron chi connectivity index (χ3n) is 5.02. The number of fused-ring (bicyclic) bond motifs is 1. The smallest absolute Gasteiger partial charge is 0.338 e. The number of benzene rings is 2. The summed E-state index contributed by atoms with van der Waals surface area (Å²) in [6.07, 6.45) is 1.25. The number of carbonyl (C=O) groups excluding carboxylic acids is 1. The fraction of sp³-hybridized carbons (Fsp3) is 0.273. The van der Waals surface area contributed by atoms with Gasteiger partial charge in [0.1, 0.15) is 17.7 Å². The van der Waals surface area contributed by atoms with Gasteiger partial charge in [-0.3, -0.25) is 0 Å². The van der Waals surface area contributed by atoms with Crippen molar-refractivity contribution in [2.24, 2.45) is 0 Å². The minimum atomic E-state index is -0.416. The van der Waals surface area contributed by atoms with Crippen LogP contribution >= 0.6 is 0 Å². The molecule has 0 spiro atoms. The number of nitrogens with zero attached hydrogens (tertiary/aromatic N) is 1. The highest BCUT2D eigenvalue weighted by atomic mass is 16.5. The van der Waals surface area contributed by atoms with E-state index in [9.17, 15) is 9.59 Å². The minimum absolute atomic E-state index is 0.263. The number of esters is 1. The maximum Gasteiger partial charge on any atom is 0.338 e. The van der Waals surface area contributed by atoms with Crippen LogP contribution in [0.3, 0.4) is 0 Å². The largest absolute Gasteiger partial charge is 0.456 e. The van der Waals surface area contributed by atoms with E-state index in [0.29, 0.717) is 18.5 Å². The van der Waals surface area contributed by atoms with Crippen LogP contribution in [0.15, 0.2) is 69.9 Å². The number of carbonyl (C=O) groups is 1. The van der Waals surface area contributed by atoms with Crippen molar-refractivity contribution in [1.29, 1.82) is 0 Å². The van der Waals surface area contributed by atoms with Crippen LogP contribution in [0.25, 0.3) is 11.0 Å². The number of anilines is 1. The van der Waals surface area contributed by atoms with Gasteiger partial charge in [-0.25, -0.2) is 9.59 Å². The van der Waals surface area contributed by atoms with Gasteiger partial charge in [0.25, 0.3) is 0 Å². The summed E-state index contributed by atoms with van der Waals surface area (Å²) in [5, 5.41) is 0.827. The summed E-state index contributed by atoms with van der Waals surface area (Å²) < 4.78 is 11.0. The van der Waals surface area contributed by atoms with Gasteiger partial charge in [-0.05, 0) is 37.5 Å². The summed E-state index contributed by atoms with van der Waals surface area (Å²) in [6, 6.07) is 18.1. The monoisotopic (exact) mass is 363 g/mol. The predicted octanol–water partition coefficient (Wildman–Crippen LogP) is 4.07. The molecule has 1 aliphatic heterocycles. The van der Waals surface area contributed by atoms with E-state index < -0.39 is 11.7 Å². The van der Waals surface area contributed by atoms with Crippen LogP contribution in [0, 0.1) is 0 Å². The third kappa shape index (κ3) is 3.45. The highest BCUT2D eigenvalue weighted by molar-refractivity contribution is 5.93. The van der Waals surface area contributed by atoms with Crippen molar-refractivity contribution in [2.45, 2.75) is 31.9 Å². The number of para-hydroxylation sites is 1. The number of hydrogen-bond acceptors (Lipinski definition) is 5. The van der Waals surface area contributed by atoms with Gasteiger partial charge >= 0.3 is 11.6 Å². The fourth-order valence-corrected chi connectivity index (χ4v) is 3.68. The molecule has 1 fully saturated rings. The van der Waals surface area contributed by atoms with Crippen molar-refractivity contribution in [3.8, 4) is 0 Å². The molecule has 2 atom stereocenters. The Labute approximate surface area is 157 Å². The summed E-state index contributed by atoms with van der Waals surface area (Å²) >= 11 is 0. The first-order valence-corrected chi connectivity index (χ1v) is 9.18. The Hall–Kier alpha value is -3.08. The van der Waals surface area contributed by atoms with Gasteiger partial charge < -0.3 is 14.1 Å². The lowest BCUT2D eigenvalue weighted by atomic mass is 10.1. The van der Waals surface area contributed by atoms with E-state index in [-0.39, 0.29) is 12.1 Å². The van der Waals surface area contributed by atoms with Crippen LogP contribution in [0.2, 0.25) is 0 Å². The summed E-state index contributed by atoms with van der Waals surface area (Å²) in [5.41, 5.74) is 1.80. The Bertz CT molecular complexity index is 1010. The zero-order chi connectivity index (χ0) is 18.8. The van der Waals surface area contributed by atoms with E-state index in [2.05, 4.69) is 0 Å². The summed E-state index contributed by atoms with van der Waals surface area (Å²) in [6.45, 7) is 2.58. The van der Waals surface area contributed by atoms with E-state index in [4.69, 9.17) is 9.15 Å². The molecule has 0 bridgehead atoms. The van der Waals surface area contributed by atoms with Gasteiger partial charge in [-0.1, -0.05) is 42.5 Å².